The number of carbonyl (C=O) groups is 1. The molecule has 0 aliphatic carbocycles. The lowest BCUT2D eigenvalue weighted by Crippen LogP contribution is -2.51. The number of alkyl halides is 1. The highest BCUT2D eigenvalue weighted by Crippen LogP contribution is 2.18. The maximum Gasteiger partial charge on any atom is 0.257 e. The second-order valence-electron chi connectivity index (χ2n) is 4.54. The highest BCUT2D eigenvalue weighted by atomic mass is 35.5. The fraction of sp³-hybridized carbons (Fsp3) is 0.462. The fourth-order valence-electron chi connectivity index (χ4n) is 2.01. The molecule has 0 bridgehead atoms. The van der Waals surface area contributed by atoms with Gasteiger partial charge >= 0.3 is 0 Å². The Morgan fingerprint density at radius 1 is 1.53 bits per heavy atom. The van der Waals surface area contributed by atoms with Crippen molar-refractivity contribution < 1.29 is 18.3 Å². The highest BCUT2D eigenvalue weighted by Gasteiger charge is 2.31. The zero-order valence-corrected chi connectivity index (χ0v) is 11.2. The lowest BCUT2D eigenvalue weighted by Gasteiger charge is -2.37. The molecule has 2 unspecified atom stereocenters. The predicted molar refractivity (Wildman–Crippen MR) is 67.3 cm³/mol. The van der Waals surface area contributed by atoms with Crippen molar-refractivity contribution in [1.29, 1.82) is 0 Å². The van der Waals surface area contributed by atoms with Crippen LogP contribution in [0.2, 0.25) is 0 Å². The molecule has 2 rings (SSSR count). The maximum absolute atomic E-state index is 13.6. The van der Waals surface area contributed by atoms with Gasteiger partial charge in [0, 0.05) is 12.6 Å². The molecule has 1 aromatic rings. The van der Waals surface area contributed by atoms with Crippen LogP contribution in [-0.2, 0) is 4.74 Å². The standard InChI is InChI=1S/C13H14ClF2NO2/c1-8-7-19-10(5-14)6-17(8)13(18)11-3-2-9(15)4-12(11)16/h2-4,8,10H,5-7H2,1H3. The molecular weight excluding hydrogens is 276 g/mol. The number of carbonyl (C=O) groups excluding carboxylic acids is 1. The van der Waals surface area contributed by atoms with Gasteiger partial charge in [0.2, 0.25) is 0 Å². The lowest BCUT2D eigenvalue weighted by molar-refractivity contribution is -0.0373. The summed E-state index contributed by atoms with van der Waals surface area (Å²) in [7, 11) is 0. The van der Waals surface area contributed by atoms with E-state index < -0.39 is 17.5 Å². The Morgan fingerprint density at radius 2 is 2.26 bits per heavy atom. The van der Waals surface area contributed by atoms with Gasteiger partial charge in [-0.2, -0.15) is 0 Å². The Bertz CT molecular complexity index is 484. The summed E-state index contributed by atoms with van der Waals surface area (Å²) in [5.74, 6) is -1.76. The van der Waals surface area contributed by atoms with Crippen molar-refractivity contribution in [2.75, 3.05) is 19.0 Å². The van der Waals surface area contributed by atoms with E-state index in [0.717, 1.165) is 12.1 Å². The molecule has 2 atom stereocenters. The van der Waals surface area contributed by atoms with Gasteiger partial charge in [-0.1, -0.05) is 0 Å². The van der Waals surface area contributed by atoms with Gasteiger partial charge in [-0.05, 0) is 19.1 Å². The van der Waals surface area contributed by atoms with Crippen molar-refractivity contribution in [3.8, 4) is 0 Å². The van der Waals surface area contributed by atoms with Gasteiger partial charge in [0.1, 0.15) is 11.6 Å². The number of benzene rings is 1. The number of morpholine rings is 1. The van der Waals surface area contributed by atoms with E-state index in [4.69, 9.17) is 16.3 Å². The van der Waals surface area contributed by atoms with Crippen LogP contribution in [-0.4, -0.2) is 42.0 Å². The van der Waals surface area contributed by atoms with Crippen LogP contribution < -0.4 is 0 Å². The van der Waals surface area contributed by atoms with E-state index in [9.17, 15) is 13.6 Å². The van der Waals surface area contributed by atoms with Crippen LogP contribution in [0.15, 0.2) is 18.2 Å². The van der Waals surface area contributed by atoms with Gasteiger partial charge in [-0.25, -0.2) is 8.78 Å². The fourth-order valence-corrected chi connectivity index (χ4v) is 2.20. The number of hydrogen-bond acceptors (Lipinski definition) is 2. The normalized spacial score (nSPS) is 23.5. The number of nitrogens with zero attached hydrogens (tertiary/aromatic N) is 1. The Balaban J connectivity index is 2.22. The van der Waals surface area contributed by atoms with Crippen LogP contribution in [0.25, 0.3) is 0 Å². The third-order valence-electron chi connectivity index (χ3n) is 3.10. The highest BCUT2D eigenvalue weighted by molar-refractivity contribution is 6.18. The first-order valence-electron chi connectivity index (χ1n) is 5.96. The average molecular weight is 290 g/mol. The average Bonchev–Trinajstić information content (AvgIpc) is 2.38. The maximum atomic E-state index is 13.6. The molecule has 0 saturated carbocycles. The molecule has 1 aliphatic heterocycles. The quantitative estimate of drug-likeness (QED) is 0.783. The van der Waals surface area contributed by atoms with Crippen LogP contribution in [0.4, 0.5) is 8.78 Å². The topological polar surface area (TPSA) is 29.5 Å². The third-order valence-corrected chi connectivity index (χ3v) is 3.44. The summed E-state index contributed by atoms with van der Waals surface area (Å²) >= 11 is 5.71. The molecular formula is C13H14ClF2NO2. The monoisotopic (exact) mass is 289 g/mol. The SMILES string of the molecule is CC1COC(CCl)CN1C(=O)c1ccc(F)cc1F. The Labute approximate surface area is 115 Å². The largest absolute Gasteiger partial charge is 0.373 e. The molecule has 1 amide bonds. The van der Waals surface area contributed by atoms with Crippen molar-refractivity contribution in [2.24, 2.45) is 0 Å². The summed E-state index contributed by atoms with van der Waals surface area (Å²) in [5.41, 5.74) is -0.136. The Hall–Kier alpha value is -1.20. The predicted octanol–water partition coefficient (Wildman–Crippen LogP) is 2.43. The number of rotatable bonds is 2. The van der Waals surface area contributed by atoms with Crippen molar-refractivity contribution in [3.05, 3.63) is 35.4 Å². The first-order chi connectivity index (χ1) is 9.02. The number of ether oxygens (including phenoxy) is 1. The minimum absolute atomic E-state index is 0.136. The van der Waals surface area contributed by atoms with Gasteiger partial charge in [0.25, 0.3) is 5.91 Å². The second-order valence-corrected chi connectivity index (χ2v) is 4.85. The van der Waals surface area contributed by atoms with Crippen LogP contribution in [0.3, 0.4) is 0 Å². The molecule has 0 aromatic heterocycles. The molecule has 0 N–H and O–H groups in total. The number of hydrogen-bond donors (Lipinski definition) is 0. The molecule has 1 fully saturated rings. The van der Waals surface area contributed by atoms with Gasteiger partial charge in [0.05, 0.1) is 30.2 Å². The molecule has 0 radical (unpaired) electrons. The molecule has 1 saturated heterocycles. The second kappa shape index (κ2) is 5.84. The molecule has 3 nitrogen and oxygen atoms in total. The van der Waals surface area contributed by atoms with Crippen LogP contribution >= 0.6 is 11.6 Å². The number of halogens is 3. The zero-order valence-electron chi connectivity index (χ0n) is 10.4. The van der Waals surface area contributed by atoms with E-state index in [1.807, 2.05) is 6.92 Å². The van der Waals surface area contributed by atoms with Crippen molar-refractivity contribution in [1.82, 2.24) is 4.90 Å². The summed E-state index contributed by atoms with van der Waals surface area (Å²) in [5, 5.41) is 0. The summed E-state index contributed by atoms with van der Waals surface area (Å²) in [4.78, 5) is 13.8. The summed E-state index contributed by atoms with van der Waals surface area (Å²) in [6, 6.07) is 2.76. The van der Waals surface area contributed by atoms with Crippen LogP contribution in [0.1, 0.15) is 17.3 Å². The smallest absolute Gasteiger partial charge is 0.257 e. The molecule has 0 spiro atoms. The first-order valence-corrected chi connectivity index (χ1v) is 6.50. The minimum Gasteiger partial charge on any atom is -0.373 e. The summed E-state index contributed by atoms with van der Waals surface area (Å²) in [6.45, 7) is 2.47. The van der Waals surface area contributed by atoms with Gasteiger partial charge < -0.3 is 9.64 Å². The van der Waals surface area contributed by atoms with Crippen LogP contribution in [0.5, 0.6) is 0 Å². The number of amides is 1. The molecule has 6 heteroatoms. The Kier molecular flexibility index (Phi) is 4.37. The zero-order chi connectivity index (χ0) is 14.0. The van der Waals surface area contributed by atoms with E-state index in [1.165, 1.54) is 4.90 Å². The van der Waals surface area contributed by atoms with Crippen LogP contribution in [0, 0.1) is 11.6 Å². The van der Waals surface area contributed by atoms with E-state index in [1.54, 1.807) is 0 Å². The molecule has 19 heavy (non-hydrogen) atoms. The third kappa shape index (κ3) is 3.04. The van der Waals surface area contributed by atoms with E-state index in [2.05, 4.69) is 0 Å². The van der Waals surface area contributed by atoms with Crippen molar-refractivity contribution in [2.45, 2.75) is 19.1 Å². The molecule has 1 aliphatic rings. The molecule has 1 heterocycles. The molecule has 104 valence electrons. The lowest BCUT2D eigenvalue weighted by atomic mass is 10.1. The van der Waals surface area contributed by atoms with Gasteiger partial charge in [0.15, 0.2) is 0 Å². The van der Waals surface area contributed by atoms with E-state index in [0.29, 0.717) is 19.2 Å². The van der Waals surface area contributed by atoms with Crippen molar-refractivity contribution >= 4 is 17.5 Å². The summed E-state index contributed by atoms with van der Waals surface area (Å²) < 4.78 is 31.9. The van der Waals surface area contributed by atoms with Gasteiger partial charge in [-0.3, -0.25) is 4.79 Å². The van der Waals surface area contributed by atoms with Crippen molar-refractivity contribution in [3.63, 3.8) is 0 Å². The summed E-state index contributed by atoms with van der Waals surface area (Å²) in [6.07, 6.45) is -0.259. The van der Waals surface area contributed by atoms with E-state index in [-0.39, 0.29) is 23.6 Å². The Morgan fingerprint density at radius 3 is 2.89 bits per heavy atom. The van der Waals surface area contributed by atoms with E-state index >= 15 is 0 Å². The van der Waals surface area contributed by atoms with Gasteiger partial charge in [-0.15, -0.1) is 11.6 Å². The molecule has 1 aromatic carbocycles. The first kappa shape index (κ1) is 14.2. The minimum atomic E-state index is -0.855.